The molecule has 0 bridgehead atoms. The minimum atomic E-state index is 0.571. The molecule has 2 aliphatic rings. The van der Waals surface area contributed by atoms with E-state index in [1.165, 1.54) is 32.2 Å². The fourth-order valence-corrected chi connectivity index (χ4v) is 3.73. The van der Waals surface area contributed by atoms with Gasteiger partial charge in [-0.3, -0.25) is 0 Å². The second-order valence-corrected chi connectivity index (χ2v) is 6.34. The lowest BCUT2D eigenvalue weighted by Gasteiger charge is -2.32. The van der Waals surface area contributed by atoms with Crippen LogP contribution >= 0.6 is 0 Å². The van der Waals surface area contributed by atoms with Gasteiger partial charge in [-0.15, -0.1) is 0 Å². The molecule has 0 aromatic heterocycles. The highest BCUT2D eigenvalue weighted by atomic mass is 15.2. The fourth-order valence-electron chi connectivity index (χ4n) is 3.73. The summed E-state index contributed by atoms with van der Waals surface area (Å²) in [4.78, 5) is 2.50. The molecule has 1 aliphatic carbocycles. The van der Waals surface area contributed by atoms with E-state index in [1.54, 1.807) is 11.1 Å². The minimum Gasteiger partial charge on any atom is -0.308 e. The lowest BCUT2D eigenvalue weighted by Crippen LogP contribution is -2.38. The molecule has 3 unspecified atom stereocenters. The maximum atomic E-state index is 3.83. The zero-order valence-electron chi connectivity index (χ0n) is 12.2. The summed E-state index contributed by atoms with van der Waals surface area (Å²) in [7, 11) is 2.26. The van der Waals surface area contributed by atoms with Gasteiger partial charge in [0.1, 0.15) is 0 Å². The average molecular weight is 258 g/mol. The molecule has 1 N–H and O–H groups in total. The normalized spacial score (nSPS) is 31.4. The molecule has 3 rings (SSSR count). The zero-order chi connectivity index (χ0) is 13.2. The van der Waals surface area contributed by atoms with Gasteiger partial charge < -0.3 is 10.2 Å². The molecule has 2 heteroatoms. The van der Waals surface area contributed by atoms with E-state index in [-0.39, 0.29) is 0 Å². The second-order valence-electron chi connectivity index (χ2n) is 6.34. The highest BCUT2D eigenvalue weighted by Crippen LogP contribution is 2.37. The summed E-state index contributed by atoms with van der Waals surface area (Å²) in [6.45, 7) is 4.77. The number of nitrogens with zero attached hydrogens (tertiary/aromatic N) is 1. The quantitative estimate of drug-likeness (QED) is 0.895. The Balaban J connectivity index is 1.67. The van der Waals surface area contributed by atoms with Crippen LogP contribution in [-0.2, 0) is 0 Å². The van der Waals surface area contributed by atoms with Gasteiger partial charge in [0, 0.05) is 18.6 Å². The average Bonchev–Trinajstić information content (AvgIpc) is 2.84. The SMILES string of the molecule is CC1CCC(NCC2CCCN2C)c2ccccc21. The molecule has 0 amide bonds. The molecule has 1 aliphatic heterocycles. The highest BCUT2D eigenvalue weighted by molar-refractivity contribution is 5.34. The van der Waals surface area contributed by atoms with Gasteiger partial charge in [0.05, 0.1) is 0 Å². The van der Waals surface area contributed by atoms with Crippen LogP contribution in [0.25, 0.3) is 0 Å². The van der Waals surface area contributed by atoms with Crippen molar-refractivity contribution >= 4 is 0 Å². The Labute approximate surface area is 117 Å². The summed E-state index contributed by atoms with van der Waals surface area (Å²) in [6, 6.07) is 10.3. The van der Waals surface area contributed by atoms with E-state index < -0.39 is 0 Å². The van der Waals surface area contributed by atoms with Crippen molar-refractivity contribution < 1.29 is 0 Å². The van der Waals surface area contributed by atoms with Crippen molar-refractivity contribution in [2.75, 3.05) is 20.1 Å². The van der Waals surface area contributed by atoms with Crippen molar-refractivity contribution in [3.8, 4) is 0 Å². The third-order valence-corrected chi connectivity index (χ3v) is 5.06. The van der Waals surface area contributed by atoms with Crippen molar-refractivity contribution in [2.24, 2.45) is 0 Å². The highest BCUT2D eigenvalue weighted by Gasteiger charge is 2.26. The Morgan fingerprint density at radius 2 is 1.95 bits per heavy atom. The molecule has 1 fully saturated rings. The molecule has 1 heterocycles. The van der Waals surface area contributed by atoms with Gasteiger partial charge in [0.2, 0.25) is 0 Å². The summed E-state index contributed by atoms with van der Waals surface area (Å²) < 4.78 is 0. The predicted molar refractivity (Wildman–Crippen MR) is 80.5 cm³/mol. The van der Waals surface area contributed by atoms with Gasteiger partial charge in [-0.1, -0.05) is 31.2 Å². The summed E-state index contributed by atoms with van der Waals surface area (Å²) in [5.41, 5.74) is 3.10. The van der Waals surface area contributed by atoms with Gasteiger partial charge in [0.15, 0.2) is 0 Å². The standard InChI is InChI=1S/C17H26N2/c1-13-9-10-17(16-8-4-3-7-15(13)16)18-12-14-6-5-11-19(14)2/h3-4,7-8,13-14,17-18H,5-6,9-12H2,1-2H3. The maximum absolute atomic E-state index is 3.83. The summed E-state index contributed by atoms with van der Waals surface area (Å²) in [6.07, 6.45) is 5.32. The largest absolute Gasteiger partial charge is 0.308 e. The molecule has 19 heavy (non-hydrogen) atoms. The monoisotopic (exact) mass is 258 g/mol. The molecule has 1 aromatic rings. The Morgan fingerprint density at radius 1 is 1.16 bits per heavy atom. The van der Waals surface area contributed by atoms with Crippen LogP contribution in [0.4, 0.5) is 0 Å². The third kappa shape index (κ3) is 2.70. The molecule has 3 atom stereocenters. The van der Waals surface area contributed by atoms with Crippen molar-refractivity contribution in [1.29, 1.82) is 0 Å². The lowest BCUT2D eigenvalue weighted by atomic mass is 9.81. The number of likely N-dealkylation sites (N-methyl/N-ethyl adjacent to an activating group) is 1. The number of likely N-dealkylation sites (tertiary alicyclic amines) is 1. The predicted octanol–water partition coefficient (Wildman–Crippen LogP) is 3.31. The maximum Gasteiger partial charge on any atom is 0.0323 e. The van der Waals surface area contributed by atoms with Gasteiger partial charge in [-0.25, -0.2) is 0 Å². The molecule has 0 radical (unpaired) electrons. The number of fused-ring (bicyclic) bond motifs is 1. The Bertz CT molecular complexity index is 429. The smallest absolute Gasteiger partial charge is 0.0323 e. The minimum absolute atomic E-state index is 0.571. The van der Waals surface area contributed by atoms with Gasteiger partial charge in [-0.05, 0) is 56.3 Å². The lowest BCUT2D eigenvalue weighted by molar-refractivity contribution is 0.285. The van der Waals surface area contributed by atoms with E-state index >= 15 is 0 Å². The van der Waals surface area contributed by atoms with Crippen LogP contribution in [0.3, 0.4) is 0 Å². The van der Waals surface area contributed by atoms with Gasteiger partial charge >= 0.3 is 0 Å². The van der Waals surface area contributed by atoms with E-state index in [2.05, 4.69) is 48.5 Å². The molecule has 1 saturated heterocycles. The first-order valence-electron chi connectivity index (χ1n) is 7.78. The van der Waals surface area contributed by atoms with Crippen LogP contribution < -0.4 is 5.32 Å². The molecular formula is C17H26N2. The van der Waals surface area contributed by atoms with Crippen LogP contribution in [0.2, 0.25) is 0 Å². The van der Waals surface area contributed by atoms with Crippen molar-refractivity contribution in [3.05, 3.63) is 35.4 Å². The number of hydrogen-bond acceptors (Lipinski definition) is 2. The topological polar surface area (TPSA) is 15.3 Å². The van der Waals surface area contributed by atoms with Gasteiger partial charge in [0.25, 0.3) is 0 Å². The van der Waals surface area contributed by atoms with Gasteiger partial charge in [-0.2, -0.15) is 0 Å². The molecule has 0 spiro atoms. The van der Waals surface area contributed by atoms with E-state index in [0.29, 0.717) is 6.04 Å². The van der Waals surface area contributed by atoms with Crippen LogP contribution in [0, 0.1) is 0 Å². The first-order chi connectivity index (χ1) is 9.25. The van der Waals surface area contributed by atoms with E-state index in [4.69, 9.17) is 0 Å². The number of nitrogens with one attached hydrogen (secondary N) is 1. The van der Waals surface area contributed by atoms with E-state index in [9.17, 15) is 0 Å². The molecule has 0 saturated carbocycles. The number of rotatable bonds is 3. The second kappa shape index (κ2) is 5.64. The van der Waals surface area contributed by atoms with Crippen LogP contribution in [0.5, 0.6) is 0 Å². The Kier molecular flexibility index (Phi) is 3.90. The Hall–Kier alpha value is -0.860. The zero-order valence-corrected chi connectivity index (χ0v) is 12.2. The van der Waals surface area contributed by atoms with Crippen molar-refractivity contribution in [3.63, 3.8) is 0 Å². The van der Waals surface area contributed by atoms with E-state index in [0.717, 1.165) is 18.5 Å². The van der Waals surface area contributed by atoms with Crippen LogP contribution in [-0.4, -0.2) is 31.1 Å². The number of benzene rings is 1. The molecule has 104 valence electrons. The van der Waals surface area contributed by atoms with Crippen LogP contribution in [0.15, 0.2) is 24.3 Å². The van der Waals surface area contributed by atoms with Crippen molar-refractivity contribution in [2.45, 2.75) is 50.6 Å². The van der Waals surface area contributed by atoms with E-state index in [1.807, 2.05) is 0 Å². The summed E-state index contributed by atoms with van der Waals surface area (Å²) in [5, 5.41) is 3.83. The van der Waals surface area contributed by atoms with Crippen LogP contribution in [0.1, 0.15) is 55.7 Å². The molecule has 2 nitrogen and oxygen atoms in total. The molecule has 1 aromatic carbocycles. The summed E-state index contributed by atoms with van der Waals surface area (Å²) >= 11 is 0. The molecular weight excluding hydrogens is 232 g/mol. The first kappa shape index (κ1) is 13.1. The summed E-state index contributed by atoms with van der Waals surface area (Å²) in [5.74, 6) is 0.725. The first-order valence-corrected chi connectivity index (χ1v) is 7.78. The van der Waals surface area contributed by atoms with Crippen molar-refractivity contribution in [1.82, 2.24) is 10.2 Å². The number of hydrogen-bond donors (Lipinski definition) is 1. The third-order valence-electron chi connectivity index (χ3n) is 5.06. The fraction of sp³-hybridized carbons (Fsp3) is 0.647. The Morgan fingerprint density at radius 3 is 2.68 bits per heavy atom.